The maximum absolute atomic E-state index is 5.99. The number of halogens is 1. The lowest BCUT2D eigenvalue weighted by Crippen LogP contribution is -2.05. The molecule has 0 saturated carbocycles. The smallest absolute Gasteiger partial charge is 0.160 e. The summed E-state index contributed by atoms with van der Waals surface area (Å²) in [5.74, 6) is 1.21. The summed E-state index contributed by atoms with van der Waals surface area (Å²) >= 11 is 7.64. The van der Waals surface area contributed by atoms with E-state index in [1.165, 1.54) is 0 Å². The largest absolute Gasteiger partial charge is 0.306 e. The predicted molar refractivity (Wildman–Crippen MR) is 77.8 cm³/mol. The van der Waals surface area contributed by atoms with E-state index in [0.29, 0.717) is 12.4 Å². The third kappa shape index (κ3) is 2.35. The van der Waals surface area contributed by atoms with Crippen LogP contribution in [0.4, 0.5) is 0 Å². The molecule has 0 amide bonds. The fraction of sp³-hybridized carbons (Fsp3) is 0.308. The van der Waals surface area contributed by atoms with Crippen molar-refractivity contribution in [3.8, 4) is 0 Å². The molecule has 3 aromatic heterocycles. The summed E-state index contributed by atoms with van der Waals surface area (Å²) in [4.78, 5) is 13.5. The molecule has 0 N–H and O–H groups in total. The molecule has 0 aromatic carbocycles. The average Bonchev–Trinajstić information content (AvgIpc) is 2.94. The number of fused-ring (bicyclic) bond motifs is 1. The van der Waals surface area contributed by atoms with Gasteiger partial charge in [-0.1, -0.05) is 0 Å². The molecule has 3 rings (SSSR count). The number of aryl methyl sites for hydroxylation is 2. The second-order valence-corrected chi connectivity index (χ2v) is 5.79. The van der Waals surface area contributed by atoms with Crippen LogP contribution in [0, 0.1) is 13.8 Å². The second-order valence-electron chi connectivity index (χ2n) is 4.46. The van der Waals surface area contributed by atoms with Gasteiger partial charge in [0.25, 0.3) is 0 Å². The number of imidazole rings is 1. The first-order chi connectivity index (χ1) is 9.17. The molecular weight excluding hydrogens is 280 g/mol. The fourth-order valence-electron chi connectivity index (χ4n) is 2.07. The molecule has 3 heterocycles. The van der Waals surface area contributed by atoms with Crippen LogP contribution in [-0.4, -0.2) is 19.5 Å². The van der Waals surface area contributed by atoms with Gasteiger partial charge < -0.3 is 4.57 Å². The van der Waals surface area contributed by atoms with Crippen LogP contribution in [0.3, 0.4) is 0 Å². The van der Waals surface area contributed by atoms with E-state index < -0.39 is 0 Å². The van der Waals surface area contributed by atoms with Gasteiger partial charge in [0.2, 0.25) is 0 Å². The highest BCUT2D eigenvalue weighted by Crippen LogP contribution is 2.19. The zero-order chi connectivity index (χ0) is 13.4. The Hall–Kier alpha value is -1.46. The Morgan fingerprint density at radius 2 is 2.16 bits per heavy atom. The van der Waals surface area contributed by atoms with Gasteiger partial charge in [-0.3, -0.25) is 0 Å². The van der Waals surface area contributed by atoms with Crippen molar-refractivity contribution < 1.29 is 0 Å². The lowest BCUT2D eigenvalue weighted by Gasteiger charge is -2.04. The van der Waals surface area contributed by atoms with Crippen LogP contribution in [-0.2, 0) is 12.4 Å². The summed E-state index contributed by atoms with van der Waals surface area (Å²) in [5, 5.41) is 3.13. The molecule has 6 heteroatoms. The van der Waals surface area contributed by atoms with Crippen LogP contribution in [0.1, 0.15) is 22.1 Å². The predicted octanol–water partition coefficient (Wildman–Crippen LogP) is 3.29. The summed E-state index contributed by atoms with van der Waals surface area (Å²) in [7, 11) is 0. The van der Waals surface area contributed by atoms with Crippen LogP contribution < -0.4 is 0 Å². The summed E-state index contributed by atoms with van der Waals surface area (Å²) in [6.45, 7) is 4.68. The Morgan fingerprint density at radius 1 is 1.32 bits per heavy atom. The second kappa shape index (κ2) is 4.90. The molecule has 4 nitrogen and oxygen atoms in total. The van der Waals surface area contributed by atoms with E-state index in [2.05, 4.69) is 20.3 Å². The maximum atomic E-state index is 5.99. The molecule has 0 bridgehead atoms. The van der Waals surface area contributed by atoms with Gasteiger partial charge in [0.05, 0.1) is 23.1 Å². The molecule has 98 valence electrons. The molecule has 0 atom stereocenters. The quantitative estimate of drug-likeness (QED) is 0.696. The van der Waals surface area contributed by atoms with Crippen molar-refractivity contribution in [1.82, 2.24) is 19.5 Å². The highest BCUT2D eigenvalue weighted by Gasteiger charge is 2.12. The van der Waals surface area contributed by atoms with Gasteiger partial charge in [-0.2, -0.15) is 0 Å². The van der Waals surface area contributed by atoms with E-state index in [9.17, 15) is 0 Å². The van der Waals surface area contributed by atoms with Crippen molar-refractivity contribution in [2.45, 2.75) is 26.3 Å². The van der Waals surface area contributed by atoms with E-state index >= 15 is 0 Å². The molecule has 3 aromatic rings. The van der Waals surface area contributed by atoms with Crippen LogP contribution in [0.2, 0.25) is 0 Å². The highest BCUT2D eigenvalue weighted by atomic mass is 35.5. The summed E-state index contributed by atoms with van der Waals surface area (Å²) < 4.78 is 2.04. The third-order valence-electron chi connectivity index (χ3n) is 2.91. The molecule has 0 radical (unpaired) electrons. The summed E-state index contributed by atoms with van der Waals surface area (Å²) in [6, 6.07) is 2.03. The Bertz CT molecular complexity index is 731. The van der Waals surface area contributed by atoms with Gasteiger partial charge in [-0.25, -0.2) is 15.0 Å². The van der Waals surface area contributed by atoms with Crippen molar-refractivity contribution in [2.24, 2.45) is 0 Å². The molecule has 0 saturated heterocycles. The first-order valence-corrected chi connectivity index (χ1v) is 7.37. The van der Waals surface area contributed by atoms with Gasteiger partial charge >= 0.3 is 0 Å². The van der Waals surface area contributed by atoms with Gasteiger partial charge in [-0.05, 0) is 25.5 Å². The van der Waals surface area contributed by atoms with Crippen LogP contribution >= 0.6 is 22.9 Å². The highest BCUT2D eigenvalue weighted by molar-refractivity contribution is 7.09. The van der Waals surface area contributed by atoms with Crippen molar-refractivity contribution in [3.63, 3.8) is 0 Å². The summed E-state index contributed by atoms with van der Waals surface area (Å²) in [5.41, 5.74) is 3.88. The fourth-order valence-corrected chi connectivity index (χ4v) is 2.88. The number of aromatic nitrogens is 4. The molecule has 0 aliphatic heterocycles. The van der Waals surface area contributed by atoms with Crippen LogP contribution in [0.5, 0.6) is 0 Å². The zero-order valence-electron chi connectivity index (χ0n) is 10.7. The lowest BCUT2D eigenvalue weighted by atomic mass is 10.3. The van der Waals surface area contributed by atoms with E-state index in [0.717, 1.165) is 33.3 Å². The Kier molecular flexibility index (Phi) is 3.24. The third-order valence-corrected chi connectivity index (χ3v) is 3.97. The lowest BCUT2D eigenvalue weighted by molar-refractivity contribution is 0.753. The summed E-state index contributed by atoms with van der Waals surface area (Å²) in [6.07, 6.45) is 1.85. The van der Waals surface area contributed by atoms with Crippen molar-refractivity contribution in [2.75, 3.05) is 0 Å². The molecule has 0 spiro atoms. The maximum Gasteiger partial charge on any atom is 0.160 e. The number of alkyl halides is 1. The number of thiazole rings is 1. The molecule has 0 fully saturated rings. The Balaban J connectivity index is 2.10. The first kappa shape index (κ1) is 12.6. The van der Waals surface area contributed by atoms with Crippen molar-refractivity contribution >= 4 is 34.1 Å². The van der Waals surface area contributed by atoms with E-state index in [4.69, 9.17) is 11.6 Å². The number of nitrogens with zero attached hydrogens (tertiary/aromatic N) is 4. The Morgan fingerprint density at radius 3 is 2.84 bits per heavy atom. The normalized spacial score (nSPS) is 11.3. The van der Waals surface area contributed by atoms with Crippen LogP contribution in [0.25, 0.3) is 11.2 Å². The standard InChI is InChI=1S/C13H13ClN4S/c1-8-3-11-13(15-5-8)18(12(4-14)17-11)6-10-7-19-9(2)16-10/h3,5,7H,4,6H2,1-2H3. The van der Waals surface area contributed by atoms with Gasteiger partial charge in [-0.15, -0.1) is 22.9 Å². The molecular formula is C13H13ClN4S. The average molecular weight is 293 g/mol. The minimum atomic E-state index is 0.374. The van der Waals surface area contributed by atoms with Crippen molar-refractivity contribution in [1.29, 1.82) is 0 Å². The number of hydrogen-bond acceptors (Lipinski definition) is 4. The van der Waals surface area contributed by atoms with Crippen LogP contribution in [0.15, 0.2) is 17.6 Å². The van der Waals surface area contributed by atoms with E-state index in [1.54, 1.807) is 11.3 Å². The minimum absolute atomic E-state index is 0.374. The van der Waals surface area contributed by atoms with Gasteiger partial charge in [0.15, 0.2) is 5.65 Å². The molecule has 0 aliphatic rings. The van der Waals surface area contributed by atoms with Gasteiger partial charge in [0.1, 0.15) is 11.3 Å². The van der Waals surface area contributed by atoms with E-state index in [1.807, 2.05) is 30.7 Å². The molecule has 0 unspecified atom stereocenters. The zero-order valence-corrected chi connectivity index (χ0v) is 12.3. The Labute approximate surface area is 120 Å². The first-order valence-electron chi connectivity index (χ1n) is 5.96. The monoisotopic (exact) mass is 292 g/mol. The number of hydrogen-bond donors (Lipinski definition) is 0. The minimum Gasteiger partial charge on any atom is -0.306 e. The number of pyridine rings is 1. The number of rotatable bonds is 3. The SMILES string of the molecule is Cc1cnc2c(c1)nc(CCl)n2Cc1csc(C)n1. The van der Waals surface area contributed by atoms with E-state index in [-0.39, 0.29) is 0 Å². The molecule has 0 aliphatic carbocycles. The van der Waals surface area contributed by atoms with Crippen molar-refractivity contribution in [3.05, 3.63) is 39.7 Å². The molecule has 19 heavy (non-hydrogen) atoms. The van der Waals surface area contributed by atoms with Gasteiger partial charge in [0, 0.05) is 11.6 Å². The topological polar surface area (TPSA) is 43.6 Å².